The molecule has 1 aliphatic rings. The molecular weight excluding hydrogens is 386 g/mol. The van der Waals surface area contributed by atoms with Gasteiger partial charge < -0.3 is 10.2 Å². The van der Waals surface area contributed by atoms with Crippen LogP contribution in [0.1, 0.15) is 22.7 Å². The summed E-state index contributed by atoms with van der Waals surface area (Å²) >= 11 is 0. The van der Waals surface area contributed by atoms with E-state index in [9.17, 15) is 13.2 Å². The number of nitrogens with zero attached hydrogens (tertiary/aromatic N) is 2. The lowest BCUT2D eigenvalue weighted by Crippen LogP contribution is -2.47. The highest BCUT2D eigenvalue weighted by Gasteiger charge is 2.32. The van der Waals surface area contributed by atoms with Gasteiger partial charge in [-0.2, -0.15) is 0 Å². The molecule has 1 unspecified atom stereocenters. The van der Waals surface area contributed by atoms with Gasteiger partial charge in [0.05, 0.1) is 11.5 Å². The molecule has 0 bridgehead atoms. The molecule has 3 rings (SSSR count). The zero-order chi connectivity index (χ0) is 20.9. The van der Waals surface area contributed by atoms with Crippen LogP contribution in [0.15, 0.2) is 54.6 Å². The lowest BCUT2D eigenvalue weighted by molar-refractivity contribution is -0.126. The van der Waals surface area contributed by atoms with Gasteiger partial charge in [-0.25, -0.2) is 8.42 Å². The average Bonchev–Trinajstić information content (AvgIpc) is 2.69. The Hall–Kier alpha value is -2.22. The Balaban J connectivity index is 1.68. The second kappa shape index (κ2) is 9.52. The van der Waals surface area contributed by atoms with Crippen LogP contribution in [0.4, 0.5) is 0 Å². The van der Waals surface area contributed by atoms with E-state index in [1.165, 1.54) is 5.56 Å². The summed E-state index contributed by atoms with van der Waals surface area (Å²) in [5.74, 6) is 0.0846. The molecule has 1 aliphatic heterocycles. The molecule has 156 valence electrons. The van der Waals surface area contributed by atoms with Crippen LogP contribution in [0.2, 0.25) is 0 Å². The summed E-state index contributed by atoms with van der Waals surface area (Å²) in [6.45, 7) is 2.06. The van der Waals surface area contributed by atoms with Crippen molar-refractivity contribution in [2.24, 2.45) is 0 Å². The smallest absolute Gasteiger partial charge is 0.242 e. The first-order chi connectivity index (χ1) is 13.8. The van der Waals surface area contributed by atoms with Crippen molar-refractivity contribution in [3.63, 3.8) is 0 Å². The van der Waals surface area contributed by atoms with E-state index in [1.807, 2.05) is 61.5 Å². The first-order valence-electron chi connectivity index (χ1n) is 9.84. The number of carbonyl (C=O) groups excluding carboxylic acids is 1. The molecule has 6 nitrogen and oxygen atoms in total. The summed E-state index contributed by atoms with van der Waals surface area (Å²) in [7, 11) is 1.06. The monoisotopic (exact) mass is 415 g/mol. The van der Waals surface area contributed by atoms with Gasteiger partial charge in [-0.05, 0) is 30.8 Å². The number of hydrogen-bond acceptors (Lipinski definition) is 5. The maximum Gasteiger partial charge on any atom is 0.242 e. The van der Waals surface area contributed by atoms with Crippen LogP contribution in [0.25, 0.3) is 0 Å². The highest BCUT2D eigenvalue weighted by Crippen LogP contribution is 2.23. The number of rotatable bonds is 7. The second-order valence-electron chi connectivity index (χ2n) is 7.77. The first kappa shape index (κ1) is 21.5. The van der Waals surface area contributed by atoms with Crippen LogP contribution in [-0.2, 0) is 27.7 Å². The van der Waals surface area contributed by atoms with E-state index in [4.69, 9.17) is 0 Å². The van der Waals surface area contributed by atoms with Crippen molar-refractivity contribution in [2.45, 2.75) is 19.1 Å². The Morgan fingerprint density at radius 2 is 1.59 bits per heavy atom. The van der Waals surface area contributed by atoms with Crippen molar-refractivity contribution in [3.05, 3.63) is 71.3 Å². The molecule has 1 heterocycles. The maximum atomic E-state index is 13.1. The van der Waals surface area contributed by atoms with E-state index >= 15 is 0 Å². The number of sulfone groups is 1. The van der Waals surface area contributed by atoms with Gasteiger partial charge in [0.1, 0.15) is 6.04 Å². The van der Waals surface area contributed by atoms with Crippen molar-refractivity contribution in [1.29, 1.82) is 0 Å². The van der Waals surface area contributed by atoms with Crippen LogP contribution < -0.4 is 5.32 Å². The fourth-order valence-corrected chi connectivity index (χ4v) is 4.79. The van der Waals surface area contributed by atoms with E-state index in [-0.39, 0.29) is 17.4 Å². The normalized spacial score (nSPS) is 17.8. The molecule has 2 aromatic rings. The minimum atomic E-state index is -3.00. The van der Waals surface area contributed by atoms with E-state index in [0.717, 1.165) is 17.7 Å². The SMILES string of the molecule is CN(C)Cc1ccc(CNC(=O)C(c2ccccc2)N2CCS(=O)(=O)CC2)cc1. The van der Waals surface area contributed by atoms with Crippen LogP contribution >= 0.6 is 0 Å². The molecular formula is C22H29N3O3S. The molecule has 1 atom stereocenters. The third-order valence-electron chi connectivity index (χ3n) is 5.10. The van der Waals surface area contributed by atoms with Crippen molar-refractivity contribution < 1.29 is 13.2 Å². The molecule has 0 aliphatic carbocycles. The zero-order valence-corrected chi connectivity index (χ0v) is 17.9. The van der Waals surface area contributed by atoms with Gasteiger partial charge >= 0.3 is 0 Å². The van der Waals surface area contributed by atoms with Gasteiger partial charge in [0.15, 0.2) is 9.84 Å². The molecule has 0 aromatic heterocycles. The van der Waals surface area contributed by atoms with Gasteiger partial charge in [-0.1, -0.05) is 54.6 Å². The van der Waals surface area contributed by atoms with Gasteiger partial charge in [0.2, 0.25) is 5.91 Å². The van der Waals surface area contributed by atoms with Gasteiger partial charge in [0, 0.05) is 26.2 Å². The second-order valence-corrected chi connectivity index (χ2v) is 10.1. The summed E-state index contributed by atoms with van der Waals surface area (Å²) in [6.07, 6.45) is 0. The molecule has 1 amide bonds. The van der Waals surface area contributed by atoms with E-state index in [2.05, 4.69) is 22.3 Å². The molecule has 1 saturated heterocycles. The van der Waals surface area contributed by atoms with Crippen molar-refractivity contribution in [3.8, 4) is 0 Å². The Morgan fingerprint density at radius 1 is 1.00 bits per heavy atom. The standard InChI is InChI=1S/C22H29N3O3S/c1-24(2)17-19-10-8-18(9-11-19)16-23-22(26)21(20-6-4-3-5-7-20)25-12-14-29(27,28)15-13-25/h3-11,21H,12-17H2,1-2H3,(H,23,26). The molecule has 2 aromatic carbocycles. The Kier molecular flexibility index (Phi) is 7.05. The summed E-state index contributed by atoms with van der Waals surface area (Å²) in [5, 5.41) is 3.04. The van der Waals surface area contributed by atoms with Crippen molar-refractivity contribution in [1.82, 2.24) is 15.1 Å². The number of benzene rings is 2. The Bertz CT molecular complexity index is 898. The fourth-order valence-electron chi connectivity index (χ4n) is 3.56. The van der Waals surface area contributed by atoms with Crippen LogP contribution in [0.5, 0.6) is 0 Å². The van der Waals surface area contributed by atoms with Gasteiger partial charge in [-0.15, -0.1) is 0 Å². The van der Waals surface area contributed by atoms with Crippen molar-refractivity contribution in [2.75, 3.05) is 38.7 Å². The highest BCUT2D eigenvalue weighted by atomic mass is 32.2. The number of amides is 1. The molecule has 1 fully saturated rings. The van der Waals surface area contributed by atoms with E-state index in [0.29, 0.717) is 19.6 Å². The van der Waals surface area contributed by atoms with Crippen molar-refractivity contribution >= 4 is 15.7 Å². The molecule has 0 radical (unpaired) electrons. The Morgan fingerprint density at radius 3 is 2.17 bits per heavy atom. The summed E-state index contributed by atoms with van der Waals surface area (Å²) in [5.41, 5.74) is 3.14. The van der Waals surface area contributed by atoms with Gasteiger partial charge in [0.25, 0.3) is 0 Å². The third-order valence-corrected chi connectivity index (χ3v) is 6.71. The fraction of sp³-hybridized carbons (Fsp3) is 0.409. The summed E-state index contributed by atoms with van der Waals surface area (Å²) in [4.78, 5) is 17.2. The van der Waals surface area contributed by atoms with Crippen LogP contribution in [0.3, 0.4) is 0 Å². The van der Waals surface area contributed by atoms with Gasteiger partial charge in [-0.3, -0.25) is 9.69 Å². The van der Waals surface area contributed by atoms with E-state index < -0.39 is 15.9 Å². The minimum Gasteiger partial charge on any atom is -0.350 e. The van der Waals surface area contributed by atoms with Crippen LogP contribution in [-0.4, -0.2) is 62.8 Å². The predicted octanol–water partition coefficient (Wildman–Crippen LogP) is 1.84. The number of nitrogens with one attached hydrogen (secondary N) is 1. The predicted molar refractivity (Wildman–Crippen MR) is 115 cm³/mol. The summed E-state index contributed by atoms with van der Waals surface area (Å²) in [6, 6.07) is 17.3. The molecule has 7 heteroatoms. The first-order valence-corrected chi connectivity index (χ1v) is 11.7. The molecule has 1 N–H and O–H groups in total. The lowest BCUT2D eigenvalue weighted by atomic mass is 10.0. The topological polar surface area (TPSA) is 69.7 Å². The number of carbonyl (C=O) groups is 1. The number of hydrogen-bond donors (Lipinski definition) is 1. The quantitative estimate of drug-likeness (QED) is 0.747. The maximum absolute atomic E-state index is 13.1. The molecule has 0 spiro atoms. The van der Waals surface area contributed by atoms with Crippen LogP contribution in [0, 0.1) is 0 Å². The third kappa shape index (κ3) is 6.13. The lowest BCUT2D eigenvalue weighted by Gasteiger charge is -2.33. The minimum absolute atomic E-state index is 0.0942. The average molecular weight is 416 g/mol. The largest absolute Gasteiger partial charge is 0.350 e. The summed E-state index contributed by atoms with van der Waals surface area (Å²) < 4.78 is 23.6. The zero-order valence-electron chi connectivity index (χ0n) is 17.0. The Labute approximate surface area is 173 Å². The molecule has 29 heavy (non-hydrogen) atoms. The highest BCUT2D eigenvalue weighted by molar-refractivity contribution is 7.91. The van der Waals surface area contributed by atoms with E-state index in [1.54, 1.807) is 0 Å². The molecule has 0 saturated carbocycles.